The van der Waals surface area contributed by atoms with E-state index in [9.17, 15) is 0 Å². The van der Waals surface area contributed by atoms with E-state index in [4.69, 9.17) is 40.0 Å². The van der Waals surface area contributed by atoms with Crippen LogP contribution in [0.15, 0.2) is 36.4 Å². The first-order valence-electron chi connectivity index (χ1n) is 6.71. The molecule has 0 aliphatic carbocycles. The van der Waals surface area contributed by atoms with E-state index in [1.54, 1.807) is 25.0 Å². The average molecular weight is 332 g/mol. The van der Waals surface area contributed by atoms with Gasteiger partial charge in [0.2, 0.25) is 0 Å². The molecule has 2 rings (SSSR count). The Bertz CT molecular complexity index is 868. The summed E-state index contributed by atoms with van der Waals surface area (Å²) in [6.45, 7) is 0. The van der Waals surface area contributed by atoms with Crippen LogP contribution in [0.2, 0.25) is 0 Å². The number of hydrogen-bond acceptors (Lipinski definition) is 8. The summed E-state index contributed by atoms with van der Waals surface area (Å²) in [5.74, 6) is 1.02. The molecule has 0 aliphatic rings. The molecule has 0 atom stereocenters. The highest BCUT2D eigenvalue weighted by atomic mass is 16.5. The van der Waals surface area contributed by atoms with E-state index in [0.717, 1.165) is 0 Å². The van der Waals surface area contributed by atoms with E-state index in [2.05, 4.69) is 0 Å². The van der Waals surface area contributed by atoms with E-state index >= 15 is 0 Å². The minimum absolute atomic E-state index is 0.166. The number of nitrogens with zero attached hydrogens (tertiary/aromatic N) is 4. The van der Waals surface area contributed by atoms with Crippen molar-refractivity contribution < 1.29 is 18.9 Å². The van der Waals surface area contributed by atoms with E-state index in [0.29, 0.717) is 11.1 Å². The largest absolute Gasteiger partial charge is 0.388 e. The highest BCUT2D eigenvalue weighted by molar-refractivity contribution is 5.48. The van der Waals surface area contributed by atoms with Crippen LogP contribution in [0.3, 0.4) is 0 Å². The molecule has 0 N–H and O–H groups in total. The Kier molecular flexibility index (Phi) is 5.62. The SMILES string of the molecule is N#COc1ccc(OC#N)c(Cc2cc(OC#N)ccc2OC#N)c1. The van der Waals surface area contributed by atoms with Crippen LogP contribution in [0.4, 0.5) is 0 Å². The second kappa shape index (κ2) is 8.29. The molecule has 8 nitrogen and oxygen atoms in total. The van der Waals surface area contributed by atoms with Crippen LogP contribution >= 0.6 is 0 Å². The summed E-state index contributed by atoms with van der Waals surface area (Å²) in [4.78, 5) is 0. The van der Waals surface area contributed by atoms with Crippen LogP contribution in [0.25, 0.3) is 0 Å². The third kappa shape index (κ3) is 4.29. The van der Waals surface area contributed by atoms with E-state index in [1.807, 2.05) is 0 Å². The van der Waals surface area contributed by atoms with Gasteiger partial charge in [-0.15, -0.1) is 21.0 Å². The molecule has 8 heteroatoms. The summed E-state index contributed by atoms with van der Waals surface area (Å²) in [7, 11) is 0. The average Bonchev–Trinajstić information content (AvgIpc) is 2.60. The monoisotopic (exact) mass is 332 g/mol. The molecule has 25 heavy (non-hydrogen) atoms. The normalized spacial score (nSPS) is 8.80. The third-order valence-corrected chi connectivity index (χ3v) is 3.08. The quantitative estimate of drug-likeness (QED) is 0.737. The molecular formula is C17H8N4O4. The summed E-state index contributed by atoms with van der Waals surface area (Å²) < 4.78 is 19.3. The van der Waals surface area contributed by atoms with Crippen molar-refractivity contribution in [1.29, 1.82) is 21.0 Å². The van der Waals surface area contributed by atoms with Crippen molar-refractivity contribution in [1.82, 2.24) is 0 Å². The third-order valence-electron chi connectivity index (χ3n) is 3.08. The smallest absolute Gasteiger partial charge is 0.292 e. The standard InChI is InChI=1S/C17H8N4O4/c18-8-22-14-1-3-16(24-10-20)12(6-14)5-13-7-15(23-9-19)2-4-17(13)25-11-21/h1-4,6-7H,5H2. The van der Waals surface area contributed by atoms with Crippen molar-refractivity contribution in [3.05, 3.63) is 47.5 Å². The van der Waals surface area contributed by atoms with Gasteiger partial charge < -0.3 is 18.9 Å². The lowest BCUT2D eigenvalue weighted by molar-refractivity contribution is 0.482. The lowest BCUT2D eigenvalue weighted by atomic mass is 10.0. The van der Waals surface area contributed by atoms with Gasteiger partial charge in [0, 0.05) is 17.5 Å². The zero-order valence-corrected chi connectivity index (χ0v) is 12.6. The lowest BCUT2D eigenvalue weighted by Crippen LogP contribution is -1.98. The molecule has 0 fully saturated rings. The summed E-state index contributed by atoms with van der Waals surface area (Å²) in [5, 5.41) is 34.8. The van der Waals surface area contributed by atoms with Gasteiger partial charge in [0.15, 0.2) is 0 Å². The number of ether oxygens (including phenoxy) is 4. The molecule has 0 unspecified atom stereocenters. The predicted octanol–water partition coefficient (Wildman–Crippen LogP) is 2.72. The Morgan fingerprint density at radius 1 is 0.600 bits per heavy atom. The van der Waals surface area contributed by atoms with Crippen LogP contribution in [0.1, 0.15) is 11.1 Å². The minimum Gasteiger partial charge on any atom is -0.388 e. The van der Waals surface area contributed by atoms with Crippen molar-refractivity contribution in [2.24, 2.45) is 0 Å². The molecule has 0 heterocycles. The van der Waals surface area contributed by atoms with Crippen molar-refractivity contribution in [2.75, 3.05) is 0 Å². The summed E-state index contributed by atoms with van der Waals surface area (Å²) in [6, 6.07) is 8.94. The van der Waals surface area contributed by atoms with Crippen LogP contribution in [0.5, 0.6) is 23.0 Å². The molecule has 0 spiro atoms. The molecular weight excluding hydrogens is 324 g/mol. The Hall–Kier alpha value is -4.40. The van der Waals surface area contributed by atoms with Gasteiger partial charge in [-0.25, -0.2) is 0 Å². The summed E-state index contributed by atoms with van der Waals surface area (Å²) in [5.41, 5.74) is 1.01. The highest BCUT2D eigenvalue weighted by Gasteiger charge is 2.13. The van der Waals surface area contributed by atoms with Crippen molar-refractivity contribution in [3.8, 4) is 48.0 Å². The Balaban J connectivity index is 2.47. The lowest BCUT2D eigenvalue weighted by Gasteiger charge is -2.11. The highest BCUT2D eigenvalue weighted by Crippen LogP contribution is 2.31. The molecule has 0 bridgehead atoms. The molecule has 2 aromatic carbocycles. The number of rotatable bonds is 6. The van der Waals surface area contributed by atoms with Gasteiger partial charge in [0.25, 0.3) is 25.0 Å². The fourth-order valence-corrected chi connectivity index (χ4v) is 2.12. The van der Waals surface area contributed by atoms with Crippen LogP contribution in [0, 0.1) is 46.1 Å². The second-order valence-corrected chi connectivity index (χ2v) is 4.49. The van der Waals surface area contributed by atoms with Gasteiger partial charge in [0.1, 0.15) is 23.0 Å². The Labute approximate surface area is 142 Å². The minimum atomic E-state index is 0.166. The molecule has 0 saturated carbocycles. The van der Waals surface area contributed by atoms with Gasteiger partial charge >= 0.3 is 0 Å². The maximum absolute atomic E-state index is 8.76. The van der Waals surface area contributed by atoms with Crippen molar-refractivity contribution >= 4 is 0 Å². The molecule has 0 aliphatic heterocycles. The van der Waals surface area contributed by atoms with Gasteiger partial charge in [-0.1, -0.05) is 0 Å². The second-order valence-electron chi connectivity index (χ2n) is 4.49. The molecule has 0 radical (unpaired) electrons. The van der Waals surface area contributed by atoms with Crippen molar-refractivity contribution in [2.45, 2.75) is 6.42 Å². The van der Waals surface area contributed by atoms with Crippen LogP contribution in [-0.4, -0.2) is 0 Å². The summed E-state index contributed by atoms with van der Waals surface area (Å²) >= 11 is 0. The van der Waals surface area contributed by atoms with Gasteiger partial charge in [0.05, 0.1) is 0 Å². The van der Waals surface area contributed by atoms with E-state index in [1.165, 1.54) is 36.4 Å². The number of benzene rings is 2. The van der Waals surface area contributed by atoms with E-state index in [-0.39, 0.29) is 29.4 Å². The predicted molar refractivity (Wildman–Crippen MR) is 80.7 cm³/mol. The maximum atomic E-state index is 8.76. The van der Waals surface area contributed by atoms with Gasteiger partial charge in [-0.05, 0) is 36.4 Å². The van der Waals surface area contributed by atoms with Gasteiger partial charge in [-0.3, -0.25) is 0 Å². The maximum Gasteiger partial charge on any atom is 0.292 e. The summed E-state index contributed by atoms with van der Waals surface area (Å²) in [6.07, 6.45) is 6.43. The Morgan fingerprint density at radius 2 is 1.00 bits per heavy atom. The fourth-order valence-electron chi connectivity index (χ4n) is 2.12. The van der Waals surface area contributed by atoms with Crippen LogP contribution < -0.4 is 18.9 Å². The van der Waals surface area contributed by atoms with Crippen molar-refractivity contribution in [3.63, 3.8) is 0 Å². The molecule has 0 saturated heterocycles. The van der Waals surface area contributed by atoms with E-state index < -0.39 is 0 Å². The molecule has 2 aromatic rings. The molecule has 120 valence electrons. The number of nitriles is 4. The topological polar surface area (TPSA) is 132 Å². The first kappa shape index (κ1) is 17.0. The first-order valence-corrected chi connectivity index (χ1v) is 6.71. The Morgan fingerprint density at radius 3 is 1.36 bits per heavy atom. The first-order chi connectivity index (χ1) is 12.2. The molecule has 0 amide bonds. The van der Waals surface area contributed by atoms with Gasteiger partial charge in [-0.2, -0.15) is 0 Å². The zero-order chi connectivity index (χ0) is 18.1. The zero-order valence-electron chi connectivity index (χ0n) is 12.6. The molecule has 0 aromatic heterocycles. The fraction of sp³-hybridized carbons (Fsp3) is 0.0588. The van der Waals surface area contributed by atoms with Crippen LogP contribution in [-0.2, 0) is 6.42 Å². The number of hydrogen-bond donors (Lipinski definition) is 0.